The molecule has 0 fully saturated rings. The number of ether oxygens (including phenoxy) is 7. The maximum absolute atomic E-state index is 12.5. The van der Waals surface area contributed by atoms with Gasteiger partial charge in [-0.2, -0.15) is 0 Å². The Bertz CT molecular complexity index is 2580. The summed E-state index contributed by atoms with van der Waals surface area (Å²) in [6, 6.07) is 12.4. The predicted molar refractivity (Wildman–Crippen MR) is 282 cm³/mol. The van der Waals surface area contributed by atoms with E-state index in [-0.39, 0.29) is 115 Å². The third kappa shape index (κ3) is 23.3. The molecule has 1 aliphatic heterocycles. The average Bonchev–Trinajstić information content (AvgIpc) is 3.37. The van der Waals surface area contributed by atoms with Crippen molar-refractivity contribution in [2.24, 2.45) is 0 Å². The molecule has 414 valence electrons. The van der Waals surface area contributed by atoms with Crippen molar-refractivity contribution in [3.63, 3.8) is 0 Å². The highest BCUT2D eigenvalue weighted by Gasteiger charge is 2.24. The second kappa shape index (κ2) is 34.6. The van der Waals surface area contributed by atoms with Gasteiger partial charge in [-0.05, 0) is 79.2 Å². The summed E-state index contributed by atoms with van der Waals surface area (Å²) >= 11 is 10.5. The molecule has 0 bridgehead atoms. The Labute approximate surface area is 447 Å². The van der Waals surface area contributed by atoms with Gasteiger partial charge in [0.1, 0.15) is 28.9 Å². The lowest BCUT2D eigenvalue weighted by atomic mass is 9.90. The number of carbonyl (C=O) groups excluding carboxylic acids is 3. The first-order valence-corrected chi connectivity index (χ1v) is 24.9. The number of hydrogen-bond acceptors (Lipinski definition) is 18. The molecule has 4 rings (SSSR count). The van der Waals surface area contributed by atoms with Crippen LogP contribution in [0.1, 0.15) is 55.3 Å². The van der Waals surface area contributed by atoms with Gasteiger partial charge in [0.2, 0.25) is 5.91 Å². The molecule has 0 unspecified atom stereocenters. The number of carboxylic acid groups (broad SMARTS) is 3. The Balaban J connectivity index is 0.923. The lowest BCUT2D eigenvalue weighted by Gasteiger charge is -2.21. The largest absolute Gasteiger partial charge is 0.508 e. The first kappa shape index (κ1) is 61.6. The molecule has 0 spiro atoms. The van der Waals surface area contributed by atoms with Crippen molar-refractivity contribution >= 4 is 87.4 Å². The third-order valence-electron chi connectivity index (χ3n) is 10.7. The number of anilines is 1. The second-order valence-electron chi connectivity index (χ2n) is 16.4. The summed E-state index contributed by atoms with van der Waals surface area (Å²) in [5.74, 6) is -3.83. The zero-order valence-electron chi connectivity index (χ0n) is 41.5. The minimum Gasteiger partial charge on any atom is -0.508 e. The zero-order valence-corrected chi connectivity index (χ0v) is 43.1. The van der Waals surface area contributed by atoms with Gasteiger partial charge in [0, 0.05) is 73.1 Å². The Morgan fingerprint density at radius 1 is 0.645 bits per heavy atom. The summed E-state index contributed by atoms with van der Waals surface area (Å²) in [5, 5.41) is 53.0. The SMILES string of the molecule is O=CO[C@H](CCC(=O)O)NC(=S)N[C@@H](CCC(=O)CCCNC(=O)CCOCCOCCOCCOCCOCCOCCNC(=S)Nc1ccc(-c2c3ccc(=O)cc-3oc3cc(O)ccc23)c(C(=O)O)c1)C(=O)O. The van der Waals surface area contributed by atoms with Gasteiger partial charge in [0.15, 0.2) is 21.9 Å². The molecule has 2 aromatic rings. The number of ketones is 1. The van der Waals surface area contributed by atoms with Crippen LogP contribution in [0.5, 0.6) is 5.75 Å². The summed E-state index contributed by atoms with van der Waals surface area (Å²) in [6.45, 7) is 4.74. The first-order valence-electron chi connectivity index (χ1n) is 24.1. The number of fused-ring (bicyclic) bond motifs is 2. The number of carboxylic acids is 3. The smallest absolute Gasteiger partial charge is 0.336 e. The van der Waals surface area contributed by atoms with E-state index in [4.69, 9.17) is 67.1 Å². The first-order chi connectivity index (χ1) is 36.6. The molecule has 0 radical (unpaired) electrons. The maximum atomic E-state index is 12.5. The molecule has 1 heterocycles. The summed E-state index contributed by atoms with van der Waals surface area (Å²) in [4.78, 5) is 82.2. The van der Waals surface area contributed by atoms with Crippen molar-refractivity contribution in [1.29, 1.82) is 0 Å². The number of aromatic carboxylic acids is 1. The molecule has 0 saturated heterocycles. The van der Waals surface area contributed by atoms with Gasteiger partial charge in [-0.1, -0.05) is 6.07 Å². The third-order valence-corrected chi connectivity index (χ3v) is 11.2. The van der Waals surface area contributed by atoms with E-state index in [0.717, 1.165) is 0 Å². The molecular weight excluding hydrogens is 1040 g/mol. The van der Waals surface area contributed by atoms with Crippen LogP contribution < -0.4 is 32.0 Å². The Hall–Kier alpha value is -6.91. The average molecular weight is 1100 g/mol. The number of benzene rings is 3. The van der Waals surface area contributed by atoms with E-state index in [1.54, 1.807) is 24.3 Å². The van der Waals surface area contributed by atoms with Gasteiger partial charge in [-0.3, -0.25) is 24.0 Å². The van der Waals surface area contributed by atoms with Crippen LogP contribution in [0.15, 0.2) is 63.8 Å². The number of amides is 1. The van der Waals surface area contributed by atoms with Crippen LogP contribution in [0.25, 0.3) is 33.4 Å². The molecular formula is C50H63N5O19S2. The van der Waals surface area contributed by atoms with E-state index in [1.165, 1.54) is 30.3 Å². The molecule has 1 amide bonds. The van der Waals surface area contributed by atoms with E-state index < -0.39 is 30.2 Å². The quantitative estimate of drug-likeness (QED) is 0.0102. The van der Waals surface area contributed by atoms with E-state index in [0.29, 0.717) is 107 Å². The van der Waals surface area contributed by atoms with Crippen molar-refractivity contribution in [2.45, 2.75) is 57.2 Å². The van der Waals surface area contributed by atoms with E-state index in [9.17, 15) is 48.9 Å². The molecule has 24 nitrogen and oxygen atoms in total. The number of phenolic OH excluding ortho intramolecular Hbond substituents is 1. The van der Waals surface area contributed by atoms with Crippen molar-refractivity contribution in [3.05, 3.63) is 70.4 Å². The summed E-state index contributed by atoms with van der Waals surface area (Å²) in [6.07, 6.45) is -1.08. The van der Waals surface area contributed by atoms with Crippen LogP contribution >= 0.6 is 24.4 Å². The number of hydrogen-bond donors (Lipinski definition) is 9. The summed E-state index contributed by atoms with van der Waals surface area (Å²) in [7, 11) is 0. The molecule has 0 saturated carbocycles. The van der Waals surface area contributed by atoms with Crippen LogP contribution in [-0.4, -0.2) is 171 Å². The molecule has 76 heavy (non-hydrogen) atoms. The number of aromatic hydroxyl groups is 1. The van der Waals surface area contributed by atoms with Gasteiger partial charge in [0.25, 0.3) is 6.47 Å². The molecule has 0 aromatic heterocycles. The van der Waals surface area contributed by atoms with Crippen LogP contribution in [0.4, 0.5) is 5.69 Å². The molecule has 2 atom stereocenters. The Kier molecular flexibility index (Phi) is 28.1. The molecule has 2 aliphatic rings. The highest BCUT2D eigenvalue weighted by atomic mass is 32.1. The summed E-state index contributed by atoms with van der Waals surface area (Å²) in [5.41, 5.74) is 1.88. The fraction of sp³-hybridized carbons (Fsp3) is 0.460. The maximum Gasteiger partial charge on any atom is 0.336 e. The minimum atomic E-state index is -1.27. The van der Waals surface area contributed by atoms with Crippen molar-refractivity contribution < 1.29 is 86.8 Å². The number of nitrogens with one attached hydrogen (secondary N) is 5. The van der Waals surface area contributed by atoms with E-state index >= 15 is 0 Å². The standard InChI is InChI=1S/C50H63N5O19S2/c56-31-73-44(11-12-45(61)62)55-50(76)54-40(48(65)66)10-6-33(57)2-1-14-51-43(60)13-16-67-18-20-69-22-24-71-26-27-72-25-23-70-21-19-68-17-15-52-49(75)53-32-3-7-36(39(28-32)47(63)64)46-37-8-4-34(58)29-41(37)74-42-30-35(59)5-9-38(42)46/h3-5,7-9,28-31,40,44,58H,1-2,6,10-27H2,(H,51,60)(H,61,62)(H,63,64)(H,65,66)(H2,52,53,75)(H2,54,55,76)/t40-,44+/m0/s1. The van der Waals surface area contributed by atoms with Crippen molar-refractivity contribution in [3.8, 4) is 28.2 Å². The molecule has 9 N–H and O–H groups in total. The van der Waals surface area contributed by atoms with Gasteiger partial charge in [-0.15, -0.1) is 0 Å². The number of carbonyl (C=O) groups is 6. The van der Waals surface area contributed by atoms with E-state index in [1.807, 2.05) is 0 Å². The van der Waals surface area contributed by atoms with Gasteiger partial charge in [-0.25, -0.2) is 9.59 Å². The fourth-order valence-electron chi connectivity index (χ4n) is 7.08. The molecule has 26 heteroatoms. The van der Waals surface area contributed by atoms with Crippen LogP contribution in [0.2, 0.25) is 0 Å². The number of Topliss-reactive ketones (excluding diaryl/α,β-unsaturated/α-hetero) is 1. The lowest BCUT2D eigenvalue weighted by molar-refractivity contribution is -0.141. The summed E-state index contributed by atoms with van der Waals surface area (Å²) < 4.78 is 43.6. The zero-order chi connectivity index (χ0) is 55.1. The Morgan fingerprint density at radius 2 is 1.28 bits per heavy atom. The lowest BCUT2D eigenvalue weighted by Crippen LogP contribution is -2.49. The number of thiocarbonyl (C=S) groups is 2. The number of phenols is 1. The van der Waals surface area contributed by atoms with Crippen LogP contribution in [0, 0.1) is 0 Å². The highest BCUT2D eigenvalue weighted by Crippen LogP contribution is 2.42. The van der Waals surface area contributed by atoms with Crippen LogP contribution in [0.3, 0.4) is 0 Å². The van der Waals surface area contributed by atoms with Crippen molar-refractivity contribution in [1.82, 2.24) is 21.3 Å². The minimum absolute atomic E-state index is 0.0179. The topological polar surface area (TPSA) is 338 Å². The monoisotopic (exact) mass is 1100 g/mol. The van der Waals surface area contributed by atoms with Crippen molar-refractivity contribution in [2.75, 3.05) is 97.7 Å². The predicted octanol–water partition coefficient (Wildman–Crippen LogP) is 3.27. The van der Waals surface area contributed by atoms with Gasteiger partial charge < -0.3 is 84.6 Å². The number of aliphatic carboxylic acids is 2. The van der Waals surface area contributed by atoms with Gasteiger partial charge >= 0.3 is 17.9 Å². The fourth-order valence-corrected chi connectivity index (χ4v) is 7.57. The number of rotatable bonds is 39. The van der Waals surface area contributed by atoms with Gasteiger partial charge in [0.05, 0.1) is 91.3 Å². The van der Waals surface area contributed by atoms with Crippen LogP contribution in [-0.2, 0) is 57.1 Å². The normalized spacial score (nSPS) is 11.8. The van der Waals surface area contributed by atoms with E-state index in [2.05, 4.69) is 26.6 Å². The second-order valence-corrected chi connectivity index (χ2v) is 17.2. The molecule has 2 aromatic carbocycles. The highest BCUT2D eigenvalue weighted by molar-refractivity contribution is 7.80. The molecule has 1 aliphatic carbocycles. The Morgan fingerprint density at radius 3 is 1.89 bits per heavy atom.